The van der Waals surface area contributed by atoms with Crippen LogP contribution in [0.2, 0.25) is 0 Å². The normalized spacial score (nSPS) is 29.7. The molecule has 28 heteroatoms. The summed E-state index contributed by atoms with van der Waals surface area (Å²) >= 11 is 0.701. The van der Waals surface area contributed by atoms with Crippen LogP contribution in [0.25, 0.3) is 22.3 Å². The number of alkyl halides is 2. The minimum Gasteiger partial charge on any atom is -0.382 e. The van der Waals surface area contributed by atoms with E-state index in [-0.39, 0.29) is 52.2 Å². The summed E-state index contributed by atoms with van der Waals surface area (Å²) in [6.45, 7) is -3.91. The fourth-order valence-electron chi connectivity index (χ4n) is 7.36. The minimum absolute atomic E-state index is 0.0246. The summed E-state index contributed by atoms with van der Waals surface area (Å²) in [4.78, 5) is 49.2. The van der Waals surface area contributed by atoms with Crippen LogP contribution in [0.3, 0.4) is 0 Å². The molecule has 4 aromatic heterocycles. The lowest BCUT2D eigenvalue weighted by Crippen LogP contribution is -2.37. The van der Waals surface area contributed by atoms with E-state index >= 15 is 8.78 Å². The molecule has 0 saturated carbocycles. The fourth-order valence-corrected chi connectivity index (χ4v) is 11.9. The molecule has 0 bridgehead atoms. The van der Waals surface area contributed by atoms with Crippen molar-refractivity contribution in [3.63, 3.8) is 0 Å². The highest BCUT2D eigenvalue weighted by molar-refractivity contribution is 8.54. The van der Waals surface area contributed by atoms with E-state index < -0.39 is 82.6 Å². The van der Waals surface area contributed by atoms with Gasteiger partial charge in [-0.1, -0.05) is 38.3 Å². The lowest BCUT2D eigenvalue weighted by atomic mass is 10.1. The van der Waals surface area contributed by atoms with Gasteiger partial charge in [0.25, 0.3) is 15.0 Å². The molecule has 7 heterocycles. The van der Waals surface area contributed by atoms with Crippen molar-refractivity contribution >= 4 is 84.7 Å². The van der Waals surface area contributed by atoms with Crippen LogP contribution < -0.4 is 22.1 Å². The van der Waals surface area contributed by atoms with Crippen LogP contribution in [-0.4, -0.2) is 115 Å². The molecule has 0 unspecified atom stereocenters. The van der Waals surface area contributed by atoms with Gasteiger partial charge in [-0.2, -0.15) is 0 Å². The van der Waals surface area contributed by atoms with Gasteiger partial charge in [-0.3, -0.25) is 32.3 Å². The molecule has 3 saturated heterocycles. The molecule has 1 aromatic carbocycles. The van der Waals surface area contributed by atoms with Crippen molar-refractivity contribution in [1.82, 2.24) is 44.4 Å². The third-order valence-corrected chi connectivity index (χ3v) is 15.5. The Morgan fingerprint density at radius 3 is 1.98 bits per heavy atom. The van der Waals surface area contributed by atoms with Crippen molar-refractivity contribution in [3.8, 4) is 0 Å². The van der Waals surface area contributed by atoms with E-state index in [1.807, 2.05) is 0 Å². The number of ether oxygens (including phenoxy) is 2. The average molecular weight is 949 g/mol. The molecular formula is C36H45BF2N12O10P2S. The molecule has 8 rings (SSSR count). The summed E-state index contributed by atoms with van der Waals surface area (Å²) in [7, 11) is -3.08. The van der Waals surface area contributed by atoms with Crippen LogP contribution in [0.1, 0.15) is 57.0 Å². The van der Waals surface area contributed by atoms with E-state index in [2.05, 4.69) is 47.5 Å². The molecule has 3 aliphatic heterocycles. The van der Waals surface area contributed by atoms with Crippen molar-refractivity contribution in [2.45, 2.75) is 94.0 Å². The maximum Gasteiger partial charge on any atom is 0.389 e. The number of nitrogens with two attached hydrogens (primary N) is 2. The monoisotopic (exact) mass is 948 g/mol. The average Bonchev–Trinajstić information content (AvgIpc) is 4.04. The first-order chi connectivity index (χ1) is 30.7. The Bertz CT molecular complexity index is 2590. The van der Waals surface area contributed by atoms with E-state index in [1.54, 1.807) is 24.3 Å². The van der Waals surface area contributed by atoms with Crippen LogP contribution in [0.15, 0.2) is 49.6 Å². The molecule has 6 N–H and O–H groups in total. The first-order valence-electron chi connectivity index (χ1n) is 20.3. The first kappa shape index (κ1) is 45.9. The first-order valence-corrected chi connectivity index (χ1v) is 25.4. The molecule has 2 amide bonds. The number of hydrogen-bond donors (Lipinski definition) is 4. The number of nitrogens with one attached hydrogen (secondary N) is 2. The van der Waals surface area contributed by atoms with Crippen molar-refractivity contribution in [3.05, 3.63) is 55.1 Å². The van der Waals surface area contributed by atoms with Crippen LogP contribution in [-0.2, 0) is 52.0 Å². The zero-order valence-corrected chi connectivity index (χ0v) is 37.1. The number of benzene rings is 1. The number of carbonyl (C=O) groups is 2. The number of fused-ring (bicyclic) bond motifs is 4. The standard InChI is InChI=1S/C36H45BF2N12O10P2S/c1-2-3-4-5-6-23(52)42-11-24(53)49-20-9-7-19(8-10-20)14-64-63(55)57-13-22-29(25(38)35(59-22)50-17-47-27-31(40)43-15-45-33(27)50)60-62(37,54)56-12-21-30(61-63)26(39)36(58-21)51-18-48-28-32(41)44-16-46-34(28)51/h7-10,15-18,21-22,25-26,29-30,35-36H,2-6,11-14,37H2,1H3,(H,42,52)(H,49,53)(H2,40,43,45)(H2,41,44,46)/t21-,22-,25-,26-,29-,30-,35-,36-,62-,63+/m1/s1. The SMILES string of the molecule is B[P@@]1(=O)OC[C@H]2O[C@@H](n3cnc4c(N)ncnc43)[C@H](F)[C@@H]2O[P@@](=O)(SCc2ccc(NC(=O)CNC(=O)CCCCCC)cc2)OC[C@H]2O[C@@H](n3cnc4c(N)ncnc43)[C@H](F)[C@@H]2O1. The number of imidazole rings is 2. The zero-order valence-electron chi connectivity index (χ0n) is 34.5. The second-order valence-corrected chi connectivity index (χ2v) is 21.3. The highest BCUT2D eigenvalue weighted by Gasteiger charge is 2.54. The molecule has 3 aliphatic rings. The quantitative estimate of drug-likeness (QED) is 0.0739. The van der Waals surface area contributed by atoms with Gasteiger partial charge in [0.05, 0.1) is 32.4 Å². The molecule has 0 aliphatic carbocycles. The van der Waals surface area contributed by atoms with Gasteiger partial charge in [0, 0.05) is 17.9 Å². The number of anilines is 3. The molecule has 22 nitrogen and oxygen atoms in total. The molecule has 342 valence electrons. The van der Waals surface area contributed by atoms with Gasteiger partial charge in [-0.25, -0.2) is 43.2 Å². The summed E-state index contributed by atoms with van der Waals surface area (Å²) in [5.41, 5.74) is 13.6. The summed E-state index contributed by atoms with van der Waals surface area (Å²) in [5, 5.41) is 5.34. The fraction of sp³-hybridized carbons (Fsp3) is 0.500. The van der Waals surface area contributed by atoms with Gasteiger partial charge in [0.1, 0.15) is 48.1 Å². The third kappa shape index (κ3) is 10.1. The lowest BCUT2D eigenvalue weighted by Gasteiger charge is -2.30. The van der Waals surface area contributed by atoms with E-state index in [9.17, 15) is 18.7 Å². The number of amides is 2. The predicted octanol–water partition coefficient (Wildman–Crippen LogP) is 3.93. The Hall–Kier alpha value is -4.65. The number of nitrogen functional groups attached to an aromatic ring is 2. The summed E-state index contributed by atoms with van der Waals surface area (Å²) < 4.78 is 101. The third-order valence-electron chi connectivity index (χ3n) is 10.6. The highest BCUT2D eigenvalue weighted by atomic mass is 32.7. The van der Waals surface area contributed by atoms with Crippen molar-refractivity contribution < 1.29 is 55.1 Å². The summed E-state index contributed by atoms with van der Waals surface area (Å²) in [6, 6.07) is 6.54. The summed E-state index contributed by atoms with van der Waals surface area (Å²) in [5.74, 6) is -0.580. The number of carbonyl (C=O) groups excluding carboxylic acids is 2. The molecule has 0 spiro atoms. The number of halogens is 2. The molecule has 10 atom stereocenters. The van der Waals surface area contributed by atoms with Gasteiger partial charge in [0.2, 0.25) is 11.8 Å². The molecular weight excluding hydrogens is 903 g/mol. The van der Waals surface area contributed by atoms with Crippen molar-refractivity contribution in [1.29, 1.82) is 0 Å². The van der Waals surface area contributed by atoms with Crippen LogP contribution >= 0.6 is 25.7 Å². The second-order valence-electron chi connectivity index (χ2n) is 15.2. The highest BCUT2D eigenvalue weighted by Crippen LogP contribution is 2.65. The van der Waals surface area contributed by atoms with Gasteiger partial charge in [-0.15, -0.1) is 0 Å². The van der Waals surface area contributed by atoms with E-state index in [0.717, 1.165) is 33.2 Å². The Morgan fingerprint density at radius 2 is 1.39 bits per heavy atom. The maximum absolute atomic E-state index is 16.8. The van der Waals surface area contributed by atoms with E-state index in [1.165, 1.54) is 34.4 Å². The van der Waals surface area contributed by atoms with Crippen LogP contribution in [0, 0.1) is 0 Å². The Kier molecular flexibility index (Phi) is 13.9. The van der Waals surface area contributed by atoms with Gasteiger partial charge in [0.15, 0.2) is 47.7 Å². The smallest absolute Gasteiger partial charge is 0.382 e. The van der Waals surface area contributed by atoms with Crippen LogP contribution in [0.5, 0.6) is 0 Å². The van der Waals surface area contributed by atoms with Gasteiger partial charge in [-0.05, 0) is 35.5 Å². The van der Waals surface area contributed by atoms with E-state index in [0.29, 0.717) is 29.1 Å². The number of nitrogens with zero attached hydrogens (tertiary/aromatic N) is 8. The molecule has 0 radical (unpaired) electrons. The van der Waals surface area contributed by atoms with Crippen molar-refractivity contribution in [2.75, 3.05) is 36.5 Å². The van der Waals surface area contributed by atoms with Gasteiger partial charge >= 0.3 is 6.80 Å². The number of aromatic nitrogens is 8. The second kappa shape index (κ2) is 19.4. The molecule has 5 aromatic rings. The Labute approximate surface area is 368 Å². The predicted molar refractivity (Wildman–Crippen MR) is 231 cm³/mol. The zero-order chi connectivity index (χ0) is 45.2. The largest absolute Gasteiger partial charge is 0.389 e. The van der Waals surface area contributed by atoms with E-state index in [4.69, 9.17) is 39.0 Å². The lowest BCUT2D eigenvalue weighted by molar-refractivity contribution is -0.124. The minimum atomic E-state index is -4.51. The molecule has 3 fully saturated rings. The number of rotatable bonds is 13. The summed E-state index contributed by atoms with van der Waals surface area (Å²) in [6.07, 6.45) is -4.18. The Morgan fingerprint density at radius 1 is 0.812 bits per heavy atom. The van der Waals surface area contributed by atoms with Crippen LogP contribution in [0.4, 0.5) is 26.1 Å². The Balaban J connectivity index is 1.02. The maximum atomic E-state index is 16.8. The van der Waals surface area contributed by atoms with Gasteiger partial charge < -0.3 is 40.6 Å². The topological polar surface area (TPSA) is 287 Å². The molecule has 64 heavy (non-hydrogen) atoms. The van der Waals surface area contributed by atoms with Crippen molar-refractivity contribution in [2.24, 2.45) is 0 Å². The number of hydrogen-bond acceptors (Lipinski definition) is 19. The number of unbranched alkanes of at least 4 members (excludes halogenated alkanes) is 3.